The van der Waals surface area contributed by atoms with E-state index >= 15 is 0 Å². The van der Waals surface area contributed by atoms with E-state index in [2.05, 4.69) is 10.6 Å². The van der Waals surface area contributed by atoms with Gasteiger partial charge in [0.05, 0.1) is 6.04 Å². The first kappa shape index (κ1) is 15.3. The van der Waals surface area contributed by atoms with Crippen LogP contribution in [-0.2, 0) is 16.0 Å². The lowest BCUT2D eigenvalue weighted by atomic mass is 10.00. The predicted molar refractivity (Wildman–Crippen MR) is 81.4 cm³/mol. The van der Waals surface area contributed by atoms with Gasteiger partial charge >= 0.3 is 0 Å². The lowest BCUT2D eigenvalue weighted by molar-refractivity contribution is -0.119. The van der Waals surface area contributed by atoms with E-state index in [9.17, 15) is 9.59 Å². The van der Waals surface area contributed by atoms with Gasteiger partial charge in [0.25, 0.3) is 0 Å². The summed E-state index contributed by atoms with van der Waals surface area (Å²) in [5, 5.41) is 5.99. The highest BCUT2D eigenvalue weighted by atomic mass is 16.2. The van der Waals surface area contributed by atoms with Crippen LogP contribution in [0.1, 0.15) is 18.9 Å². The normalized spacial score (nSPS) is 21.2. The van der Waals surface area contributed by atoms with E-state index in [0.29, 0.717) is 6.42 Å². The number of nitrogens with two attached hydrogens (primary N) is 1. The van der Waals surface area contributed by atoms with Crippen molar-refractivity contribution in [3.63, 3.8) is 0 Å². The molecule has 21 heavy (non-hydrogen) atoms. The summed E-state index contributed by atoms with van der Waals surface area (Å²) in [6.45, 7) is 2.23. The SMILES string of the molecule is CC(=O)N[C@@H](C=C1CCN[C@@H]1C(N)=O)Cc1ccccc1. The molecule has 4 N–H and O–H groups in total. The van der Waals surface area contributed by atoms with Crippen molar-refractivity contribution in [2.75, 3.05) is 6.54 Å². The molecule has 2 amide bonds. The summed E-state index contributed by atoms with van der Waals surface area (Å²) in [6, 6.07) is 9.38. The van der Waals surface area contributed by atoms with Crippen LogP contribution in [0, 0.1) is 0 Å². The number of primary amides is 1. The van der Waals surface area contributed by atoms with Crippen molar-refractivity contribution in [3.8, 4) is 0 Å². The molecule has 1 heterocycles. The monoisotopic (exact) mass is 287 g/mol. The number of hydrogen-bond acceptors (Lipinski definition) is 3. The lowest BCUT2D eigenvalue weighted by Crippen LogP contribution is -2.39. The highest BCUT2D eigenvalue weighted by molar-refractivity contribution is 5.84. The average Bonchev–Trinajstić information content (AvgIpc) is 2.87. The second-order valence-electron chi connectivity index (χ2n) is 5.28. The van der Waals surface area contributed by atoms with E-state index in [4.69, 9.17) is 5.73 Å². The van der Waals surface area contributed by atoms with E-state index in [1.807, 2.05) is 36.4 Å². The van der Waals surface area contributed by atoms with E-state index in [-0.39, 0.29) is 17.9 Å². The molecule has 5 heteroatoms. The third-order valence-electron chi connectivity index (χ3n) is 3.52. The van der Waals surface area contributed by atoms with Crippen molar-refractivity contribution in [2.24, 2.45) is 5.73 Å². The molecule has 0 unspecified atom stereocenters. The minimum absolute atomic E-state index is 0.0886. The number of hydrogen-bond donors (Lipinski definition) is 3. The summed E-state index contributed by atoms with van der Waals surface area (Å²) in [7, 11) is 0. The Morgan fingerprint density at radius 2 is 2.14 bits per heavy atom. The quantitative estimate of drug-likeness (QED) is 0.690. The first-order valence-corrected chi connectivity index (χ1v) is 7.10. The molecule has 1 aliphatic rings. The number of nitrogens with one attached hydrogen (secondary N) is 2. The molecule has 1 aromatic carbocycles. The van der Waals surface area contributed by atoms with Crippen molar-refractivity contribution >= 4 is 11.8 Å². The fourth-order valence-corrected chi connectivity index (χ4v) is 2.64. The Labute approximate surface area is 124 Å². The molecule has 0 aliphatic carbocycles. The van der Waals surface area contributed by atoms with Crippen LogP contribution >= 0.6 is 0 Å². The largest absolute Gasteiger partial charge is 0.368 e. The van der Waals surface area contributed by atoms with Crippen molar-refractivity contribution in [3.05, 3.63) is 47.5 Å². The van der Waals surface area contributed by atoms with Gasteiger partial charge in [-0.05, 0) is 30.5 Å². The van der Waals surface area contributed by atoms with E-state index in [1.54, 1.807) is 0 Å². The average molecular weight is 287 g/mol. The predicted octanol–water partition coefficient (Wildman–Crippen LogP) is 0.507. The Morgan fingerprint density at radius 1 is 1.43 bits per heavy atom. The van der Waals surface area contributed by atoms with Crippen LogP contribution in [-0.4, -0.2) is 30.4 Å². The molecule has 1 fully saturated rings. The van der Waals surface area contributed by atoms with Crippen LogP contribution < -0.4 is 16.4 Å². The van der Waals surface area contributed by atoms with Crippen molar-refractivity contribution in [2.45, 2.75) is 31.8 Å². The van der Waals surface area contributed by atoms with Crippen LogP contribution in [0.15, 0.2) is 42.0 Å². The van der Waals surface area contributed by atoms with E-state index in [0.717, 1.165) is 24.1 Å². The van der Waals surface area contributed by atoms with Gasteiger partial charge in [-0.25, -0.2) is 0 Å². The molecule has 1 saturated heterocycles. The molecule has 5 nitrogen and oxygen atoms in total. The van der Waals surface area contributed by atoms with Crippen LogP contribution in [0.2, 0.25) is 0 Å². The molecule has 0 saturated carbocycles. The van der Waals surface area contributed by atoms with Gasteiger partial charge < -0.3 is 16.4 Å². The maximum absolute atomic E-state index is 11.4. The Hall–Kier alpha value is -2.14. The standard InChI is InChI=1S/C16H21N3O2/c1-11(20)19-14(9-12-5-3-2-4-6-12)10-13-7-8-18-15(13)16(17)21/h2-6,10,14-15,18H,7-9H2,1H3,(H2,17,21)(H,19,20)/t14-,15+/m1/s1. The fourth-order valence-electron chi connectivity index (χ4n) is 2.64. The maximum atomic E-state index is 11.4. The third kappa shape index (κ3) is 4.43. The molecule has 1 aromatic rings. The fraction of sp³-hybridized carbons (Fsp3) is 0.375. The van der Waals surface area contributed by atoms with Crippen LogP contribution in [0.5, 0.6) is 0 Å². The van der Waals surface area contributed by atoms with Gasteiger partial charge in [-0.15, -0.1) is 0 Å². The second-order valence-corrected chi connectivity index (χ2v) is 5.28. The van der Waals surface area contributed by atoms with Gasteiger partial charge in [0.1, 0.15) is 6.04 Å². The van der Waals surface area contributed by atoms with Crippen LogP contribution in [0.4, 0.5) is 0 Å². The van der Waals surface area contributed by atoms with Crippen molar-refractivity contribution < 1.29 is 9.59 Å². The molecule has 1 aliphatic heterocycles. The van der Waals surface area contributed by atoms with Gasteiger partial charge in [-0.1, -0.05) is 36.4 Å². The molecule has 0 bridgehead atoms. The van der Waals surface area contributed by atoms with Crippen molar-refractivity contribution in [1.29, 1.82) is 0 Å². The maximum Gasteiger partial charge on any atom is 0.238 e. The molecule has 2 atom stereocenters. The Bertz CT molecular complexity index is 540. The molecule has 0 spiro atoms. The molecular formula is C16H21N3O2. The summed E-state index contributed by atoms with van der Waals surface area (Å²) < 4.78 is 0. The summed E-state index contributed by atoms with van der Waals surface area (Å²) in [6.07, 6.45) is 3.43. The van der Waals surface area contributed by atoms with Gasteiger partial charge in [0.15, 0.2) is 0 Å². The second kappa shape index (κ2) is 7.04. The van der Waals surface area contributed by atoms with Gasteiger partial charge in [-0.3, -0.25) is 9.59 Å². The van der Waals surface area contributed by atoms with Crippen molar-refractivity contribution in [1.82, 2.24) is 10.6 Å². The zero-order chi connectivity index (χ0) is 15.2. The number of benzene rings is 1. The minimum atomic E-state index is -0.419. The summed E-state index contributed by atoms with van der Waals surface area (Å²) in [4.78, 5) is 22.8. The minimum Gasteiger partial charge on any atom is -0.368 e. The first-order valence-electron chi connectivity index (χ1n) is 7.10. The zero-order valence-electron chi connectivity index (χ0n) is 12.1. The van der Waals surface area contributed by atoms with E-state index in [1.165, 1.54) is 6.92 Å². The number of amides is 2. The highest BCUT2D eigenvalue weighted by Gasteiger charge is 2.26. The van der Waals surface area contributed by atoms with Crippen LogP contribution in [0.3, 0.4) is 0 Å². The first-order chi connectivity index (χ1) is 10.1. The third-order valence-corrected chi connectivity index (χ3v) is 3.52. The topological polar surface area (TPSA) is 84.2 Å². The summed E-state index contributed by atoms with van der Waals surface area (Å²) >= 11 is 0. The summed E-state index contributed by atoms with van der Waals surface area (Å²) in [5.41, 5.74) is 7.48. The summed E-state index contributed by atoms with van der Waals surface area (Å²) in [5.74, 6) is -0.464. The smallest absolute Gasteiger partial charge is 0.238 e. The lowest BCUT2D eigenvalue weighted by Gasteiger charge is -2.17. The molecule has 0 radical (unpaired) electrons. The Kier molecular flexibility index (Phi) is 5.11. The Balaban J connectivity index is 2.16. The highest BCUT2D eigenvalue weighted by Crippen LogP contribution is 2.16. The van der Waals surface area contributed by atoms with Gasteiger partial charge in [0, 0.05) is 6.92 Å². The van der Waals surface area contributed by atoms with Gasteiger partial charge in [-0.2, -0.15) is 0 Å². The number of carbonyl (C=O) groups excluding carboxylic acids is 2. The Morgan fingerprint density at radius 3 is 2.76 bits per heavy atom. The molecule has 2 rings (SSSR count). The molecular weight excluding hydrogens is 266 g/mol. The molecule has 0 aromatic heterocycles. The molecule has 112 valence electrons. The van der Waals surface area contributed by atoms with E-state index < -0.39 is 6.04 Å². The van der Waals surface area contributed by atoms with Gasteiger partial charge in [0.2, 0.25) is 11.8 Å². The number of carbonyl (C=O) groups is 2. The van der Waals surface area contributed by atoms with Crippen LogP contribution in [0.25, 0.3) is 0 Å². The zero-order valence-corrected chi connectivity index (χ0v) is 12.1. The number of rotatable bonds is 5.